The van der Waals surface area contributed by atoms with Gasteiger partial charge in [-0.05, 0) is 12.8 Å². The monoisotopic (exact) mass is 230 g/mol. The van der Waals surface area contributed by atoms with Crippen molar-refractivity contribution in [1.82, 2.24) is 10.2 Å². The van der Waals surface area contributed by atoms with Crippen molar-refractivity contribution >= 4 is 16.7 Å². The normalized spacial score (nSPS) is 10.4. The van der Waals surface area contributed by atoms with Crippen molar-refractivity contribution in [1.29, 1.82) is 0 Å². The fourth-order valence-electron chi connectivity index (χ4n) is 1.77. The van der Waals surface area contributed by atoms with Gasteiger partial charge in [0.25, 0.3) is 0 Å². The molecule has 0 fully saturated rings. The molecule has 1 aromatic carbocycles. The number of carbonyl (C=O) groups excluding carboxylic acids is 1. The Hall–Kier alpha value is -1.97. The second-order valence-corrected chi connectivity index (χ2v) is 3.81. The van der Waals surface area contributed by atoms with Crippen LogP contribution < -0.4 is 0 Å². The maximum atomic E-state index is 11.0. The number of fused-ring (bicyclic) bond motifs is 1. The molecule has 0 aliphatic carbocycles. The van der Waals surface area contributed by atoms with E-state index in [4.69, 9.17) is 0 Å². The fourth-order valence-corrected chi connectivity index (χ4v) is 1.77. The van der Waals surface area contributed by atoms with Crippen molar-refractivity contribution in [3.05, 3.63) is 36.2 Å². The lowest BCUT2D eigenvalue weighted by molar-refractivity contribution is -0.140. The van der Waals surface area contributed by atoms with Gasteiger partial charge in [0.15, 0.2) is 0 Å². The summed E-state index contributed by atoms with van der Waals surface area (Å²) in [4.78, 5) is 11.0. The predicted molar refractivity (Wildman–Crippen MR) is 64.5 cm³/mol. The van der Waals surface area contributed by atoms with E-state index in [-0.39, 0.29) is 5.97 Å². The SMILES string of the molecule is COC(=O)CCCc1nncc2ccccc12. The highest BCUT2D eigenvalue weighted by atomic mass is 16.5. The molecule has 0 spiro atoms. The molecule has 0 radical (unpaired) electrons. The van der Waals surface area contributed by atoms with Gasteiger partial charge in [0.05, 0.1) is 19.0 Å². The molecule has 0 saturated heterocycles. The number of aryl methyl sites for hydroxylation is 1. The molecule has 4 nitrogen and oxygen atoms in total. The number of carbonyl (C=O) groups is 1. The van der Waals surface area contributed by atoms with E-state index in [2.05, 4.69) is 14.9 Å². The molecule has 17 heavy (non-hydrogen) atoms. The van der Waals surface area contributed by atoms with Crippen molar-refractivity contribution < 1.29 is 9.53 Å². The van der Waals surface area contributed by atoms with Crippen molar-refractivity contribution in [2.75, 3.05) is 7.11 Å². The molecule has 0 aliphatic rings. The third-order valence-electron chi connectivity index (χ3n) is 2.67. The first-order chi connectivity index (χ1) is 8.31. The van der Waals surface area contributed by atoms with Crippen LogP contribution in [-0.2, 0) is 16.0 Å². The van der Waals surface area contributed by atoms with Gasteiger partial charge in [-0.15, -0.1) is 0 Å². The zero-order valence-corrected chi connectivity index (χ0v) is 9.72. The van der Waals surface area contributed by atoms with Gasteiger partial charge in [0, 0.05) is 17.2 Å². The van der Waals surface area contributed by atoms with Gasteiger partial charge < -0.3 is 4.74 Å². The highest BCUT2D eigenvalue weighted by Crippen LogP contribution is 2.16. The highest BCUT2D eigenvalue weighted by molar-refractivity contribution is 5.83. The second-order valence-electron chi connectivity index (χ2n) is 3.81. The first kappa shape index (κ1) is 11.5. The van der Waals surface area contributed by atoms with Crippen LogP contribution in [0.1, 0.15) is 18.5 Å². The highest BCUT2D eigenvalue weighted by Gasteiger charge is 2.05. The van der Waals surface area contributed by atoms with E-state index in [1.54, 1.807) is 6.20 Å². The van der Waals surface area contributed by atoms with Crippen molar-refractivity contribution in [3.63, 3.8) is 0 Å². The first-order valence-corrected chi connectivity index (χ1v) is 5.57. The molecule has 1 aromatic heterocycles. The summed E-state index contributed by atoms with van der Waals surface area (Å²) >= 11 is 0. The van der Waals surface area contributed by atoms with Crippen LogP contribution in [0.2, 0.25) is 0 Å². The van der Waals surface area contributed by atoms with Gasteiger partial charge in [0.2, 0.25) is 0 Å². The summed E-state index contributed by atoms with van der Waals surface area (Å²) in [5, 5.41) is 10.3. The van der Waals surface area contributed by atoms with Gasteiger partial charge in [-0.2, -0.15) is 10.2 Å². The summed E-state index contributed by atoms with van der Waals surface area (Å²) in [6, 6.07) is 7.99. The molecule has 0 atom stereocenters. The minimum Gasteiger partial charge on any atom is -0.469 e. The van der Waals surface area contributed by atoms with E-state index < -0.39 is 0 Å². The Bertz CT molecular complexity index is 520. The third kappa shape index (κ3) is 2.78. The molecule has 0 amide bonds. The molecular weight excluding hydrogens is 216 g/mol. The first-order valence-electron chi connectivity index (χ1n) is 5.57. The Balaban J connectivity index is 2.11. The predicted octanol–water partition coefficient (Wildman–Crippen LogP) is 2.13. The van der Waals surface area contributed by atoms with Crippen molar-refractivity contribution in [2.24, 2.45) is 0 Å². The van der Waals surface area contributed by atoms with Gasteiger partial charge in [-0.1, -0.05) is 24.3 Å². The van der Waals surface area contributed by atoms with E-state index in [9.17, 15) is 4.79 Å². The molecule has 0 aliphatic heterocycles. The maximum absolute atomic E-state index is 11.0. The summed E-state index contributed by atoms with van der Waals surface area (Å²) in [5.74, 6) is -0.182. The van der Waals surface area contributed by atoms with Crippen molar-refractivity contribution in [3.8, 4) is 0 Å². The molecule has 0 bridgehead atoms. The molecule has 4 heteroatoms. The van der Waals surface area contributed by atoms with Crippen LogP contribution in [0.15, 0.2) is 30.5 Å². The summed E-state index contributed by atoms with van der Waals surface area (Å²) in [6.07, 6.45) is 3.64. The van der Waals surface area contributed by atoms with E-state index in [1.165, 1.54) is 7.11 Å². The Kier molecular flexibility index (Phi) is 3.65. The van der Waals surface area contributed by atoms with Crippen LogP contribution in [0.5, 0.6) is 0 Å². The molecule has 0 N–H and O–H groups in total. The summed E-state index contributed by atoms with van der Waals surface area (Å²) in [7, 11) is 1.40. The van der Waals surface area contributed by atoms with Crippen LogP contribution in [0.3, 0.4) is 0 Å². The Morgan fingerprint density at radius 3 is 3.00 bits per heavy atom. The van der Waals surface area contributed by atoms with E-state index in [0.717, 1.165) is 29.3 Å². The number of aromatic nitrogens is 2. The van der Waals surface area contributed by atoms with Gasteiger partial charge >= 0.3 is 5.97 Å². The zero-order valence-electron chi connectivity index (χ0n) is 9.72. The number of hydrogen-bond acceptors (Lipinski definition) is 4. The quantitative estimate of drug-likeness (QED) is 0.755. The molecule has 0 unspecified atom stereocenters. The second kappa shape index (κ2) is 5.39. The maximum Gasteiger partial charge on any atom is 0.305 e. The van der Waals surface area contributed by atoms with E-state index >= 15 is 0 Å². The average molecular weight is 230 g/mol. The van der Waals surface area contributed by atoms with Crippen LogP contribution in [0, 0.1) is 0 Å². The molecule has 0 saturated carbocycles. The number of ether oxygens (including phenoxy) is 1. The lowest BCUT2D eigenvalue weighted by Crippen LogP contribution is -2.02. The number of methoxy groups -OCH3 is 1. The van der Waals surface area contributed by atoms with E-state index in [1.807, 2.05) is 24.3 Å². The fraction of sp³-hybridized carbons (Fsp3) is 0.308. The van der Waals surface area contributed by atoms with Crippen LogP contribution in [0.4, 0.5) is 0 Å². The number of esters is 1. The zero-order chi connectivity index (χ0) is 12.1. The summed E-state index contributed by atoms with van der Waals surface area (Å²) in [6.45, 7) is 0. The molecule has 88 valence electrons. The number of benzene rings is 1. The number of hydrogen-bond donors (Lipinski definition) is 0. The van der Waals surface area contributed by atoms with Gasteiger partial charge in [-0.25, -0.2) is 0 Å². The summed E-state index contributed by atoms with van der Waals surface area (Å²) in [5.41, 5.74) is 0.937. The topological polar surface area (TPSA) is 52.1 Å². The summed E-state index contributed by atoms with van der Waals surface area (Å²) < 4.78 is 4.60. The molecular formula is C13H14N2O2. The smallest absolute Gasteiger partial charge is 0.305 e. The largest absolute Gasteiger partial charge is 0.469 e. The number of nitrogens with zero attached hydrogens (tertiary/aromatic N) is 2. The Morgan fingerprint density at radius 2 is 2.18 bits per heavy atom. The van der Waals surface area contributed by atoms with Crippen molar-refractivity contribution in [2.45, 2.75) is 19.3 Å². The minimum absolute atomic E-state index is 0.182. The Labute approximate surface area is 99.6 Å². The lowest BCUT2D eigenvalue weighted by atomic mass is 10.1. The average Bonchev–Trinajstić information content (AvgIpc) is 2.39. The van der Waals surface area contributed by atoms with Crippen LogP contribution in [-0.4, -0.2) is 23.3 Å². The van der Waals surface area contributed by atoms with Crippen LogP contribution in [0.25, 0.3) is 10.8 Å². The van der Waals surface area contributed by atoms with Gasteiger partial charge in [0.1, 0.15) is 0 Å². The Morgan fingerprint density at radius 1 is 1.35 bits per heavy atom. The molecule has 2 aromatic rings. The third-order valence-corrected chi connectivity index (χ3v) is 2.67. The number of rotatable bonds is 4. The minimum atomic E-state index is -0.182. The van der Waals surface area contributed by atoms with Crippen LogP contribution >= 0.6 is 0 Å². The molecule has 1 heterocycles. The van der Waals surface area contributed by atoms with E-state index in [0.29, 0.717) is 6.42 Å². The van der Waals surface area contributed by atoms with Gasteiger partial charge in [-0.3, -0.25) is 4.79 Å². The molecule has 2 rings (SSSR count). The lowest BCUT2D eigenvalue weighted by Gasteiger charge is -2.03. The standard InChI is InChI=1S/C13H14N2O2/c1-17-13(16)8-4-7-12-11-6-3-2-5-10(11)9-14-15-12/h2-3,5-6,9H,4,7-8H2,1H3.